The zero-order valence-electron chi connectivity index (χ0n) is 18.7. The SMILES string of the molecule is CCn1c(N(C)C)nc2cc(-c3ccc(NC(=O)NCCN4CCCC4)cc3)ccc21. The summed E-state index contributed by atoms with van der Waals surface area (Å²) >= 11 is 0. The van der Waals surface area contributed by atoms with Gasteiger partial charge in [0.25, 0.3) is 0 Å². The number of hydrogen-bond donors (Lipinski definition) is 2. The van der Waals surface area contributed by atoms with Crippen LogP contribution in [0.4, 0.5) is 16.4 Å². The Kier molecular flexibility index (Phi) is 6.42. The van der Waals surface area contributed by atoms with Crippen molar-refractivity contribution in [3.05, 3.63) is 42.5 Å². The summed E-state index contributed by atoms with van der Waals surface area (Å²) in [5.74, 6) is 0.963. The summed E-state index contributed by atoms with van der Waals surface area (Å²) in [4.78, 5) is 21.4. The number of rotatable bonds is 7. The van der Waals surface area contributed by atoms with E-state index in [1.165, 1.54) is 12.8 Å². The van der Waals surface area contributed by atoms with Gasteiger partial charge in [0.2, 0.25) is 5.95 Å². The molecule has 31 heavy (non-hydrogen) atoms. The number of carbonyl (C=O) groups excluding carboxylic acids is 1. The van der Waals surface area contributed by atoms with Crippen LogP contribution in [0.1, 0.15) is 19.8 Å². The molecule has 2 heterocycles. The summed E-state index contributed by atoms with van der Waals surface area (Å²) in [6, 6.07) is 14.2. The van der Waals surface area contributed by atoms with Gasteiger partial charge in [0.1, 0.15) is 0 Å². The molecule has 1 aliphatic rings. The molecule has 2 N–H and O–H groups in total. The van der Waals surface area contributed by atoms with Gasteiger partial charge in [0.15, 0.2) is 0 Å². The summed E-state index contributed by atoms with van der Waals surface area (Å²) in [7, 11) is 4.03. The first kappa shape index (κ1) is 21.2. The number of anilines is 2. The summed E-state index contributed by atoms with van der Waals surface area (Å²) < 4.78 is 2.22. The number of imidazole rings is 1. The largest absolute Gasteiger partial charge is 0.348 e. The molecule has 7 heteroatoms. The summed E-state index contributed by atoms with van der Waals surface area (Å²) in [6.45, 7) is 6.89. The van der Waals surface area contributed by atoms with Crippen LogP contribution in [0.2, 0.25) is 0 Å². The van der Waals surface area contributed by atoms with E-state index < -0.39 is 0 Å². The molecule has 0 spiro atoms. The van der Waals surface area contributed by atoms with Crippen molar-refractivity contribution in [2.24, 2.45) is 0 Å². The highest BCUT2D eigenvalue weighted by Crippen LogP contribution is 2.28. The Bertz CT molecular complexity index is 1030. The van der Waals surface area contributed by atoms with Crippen molar-refractivity contribution in [2.45, 2.75) is 26.3 Å². The highest BCUT2D eigenvalue weighted by Gasteiger charge is 2.13. The first-order valence-electron chi connectivity index (χ1n) is 11.1. The molecule has 7 nitrogen and oxygen atoms in total. The molecule has 3 aromatic rings. The topological polar surface area (TPSA) is 65.4 Å². The van der Waals surface area contributed by atoms with E-state index in [9.17, 15) is 4.79 Å². The van der Waals surface area contributed by atoms with Gasteiger partial charge in [-0.3, -0.25) is 0 Å². The lowest BCUT2D eigenvalue weighted by molar-refractivity contribution is 0.249. The molecule has 1 aromatic heterocycles. The number of benzene rings is 2. The van der Waals surface area contributed by atoms with E-state index in [-0.39, 0.29) is 6.03 Å². The Balaban J connectivity index is 1.40. The highest BCUT2D eigenvalue weighted by molar-refractivity contribution is 5.90. The molecule has 1 fully saturated rings. The molecule has 0 radical (unpaired) electrons. The van der Waals surface area contributed by atoms with Crippen molar-refractivity contribution in [3.63, 3.8) is 0 Å². The monoisotopic (exact) mass is 420 g/mol. The van der Waals surface area contributed by atoms with E-state index in [1.807, 2.05) is 43.3 Å². The predicted octanol–water partition coefficient (Wildman–Crippen LogP) is 4.01. The minimum absolute atomic E-state index is 0.158. The smallest absolute Gasteiger partial charge is 0.319 e. The molecule has 4 rings (SSSR count). The Morgan fingerprint density at radius 1 is 1.06 bits per heavy atom. The van der Waals surface area contributed by atoms with Gasteiger partial charge in [-0.15, -0.1) is 0 Å². The van der Waals surface area contributed by atoms with Gasteiger partial charge in [0, 0.05) is 39.4 Å². The average Bonchev–Trinajstić information content (AvgIpc) is 3.41. The molecule has 0 aliphatic carbocycles. The number of urea groups is 1. The summed E-state index contributed by atoms with van der Waals surface area (Å²) in [6.07, 6.45) is 2.53. The molecular formula is C24H32N6O. The maximum atomic E-state index is 12.1. The molecule has 2 aromatic carbocycles. The predicted molar refractivity (Wildman–Crippen MR) is 128 cm³/mol. The summed E-state index contributed by atoms with van der Waals surface area (Å²) in [5.41, 5.74) is 5.12. The second kappa shape index (κ2) is 9.39. The molecule has 1 aliphatic heterocycles. The van der Waals surface area contributed by atoms with E-state index in [0.29, 0.717) is 6.54 Å². The first-order chi connectivity index (χ1) is 15.0. The number of amides is 2. The molecule has 1 saturated heterocycles. The Labute approximate surface area is 184 Å². The minimum Gasteiger partial charge on any atom is -0.348 e. The zero-order chi connectivity index (χ0) is 21.8. The Morgan fingerprint density at radius 2 is 1.77 bits per heavy atom. The van der Waals surface area contributed by atoms with Crippen LogP contribution in [0.15, 0.2) is 42.5 Å². The number of carbonyl (C=O) groups is 1. The number of aryl methyl sites for hydroxylation is 1. The van der Waals surface area contributed by atoms with E-state index >= 15 is 0 Å². The molecule has 164 valence electrons. The number of aromatic nitrogens is 2. The molecule has 2 amide bonds. The molecule has 0 saturated carbocycles. The normalized spacial score (nSPS) is 14.2. The third-order valence-electron chi connectivity index (χ3n) is 5.83. The Morgan fingerprint density at radius 3 is 2.45 bits per heavy atom. The lowest BCUT2D eigenvalue weighted by Crippen LogP contribution is -2.35. The van der Waals surface area contributed by atoms with Gasteiger partial charge in [-0.2, -0.15) is 0 Å². The van der Waals surface area contributed by atoms with Crippen LogP contribution in [-0.4, -0.2) is 60.8 Å². The quantitative estimate of drug-likeness (QED) is 0.606. The summed E-state index contributed by atoms with van der Waals surface area (Å²) in [5, 5.41) is 5.86. The molecule has 0 atom stereocenters. The van der Waals surface area contributed by atoms with E-state index in [4.69, 9.17) is 4.98 Å². The van der Waals surface area contributed by atoms with Crippen molar-refractivity contribution < 1.29 is 4.79 Å². The van der Waals surface area contributed by atoms with Gasteiger partial charge >= 0.3 is 6.03 Å². The number of likely N-dealkylation sites (tertiary alicyclic amines) is 1. The third-order valence-corrected chi connectivity index (χ3v) is 5.83. The lowest BCUT2D eigenvalue weighted by atomic mass is 10.0. The van der Waals surface area contributed by atoms with Gasteiger partial charge in [-0.1, -0.05) is 18.2 Å². The van der Waals surface area contributed by atoms with Crippen LogP contribution in [0.25, 0.3) is 22.2 Å². The maximum absolute atomic E-state index is 12.1. The zero-order valence-corrected chi connectivity index (χ0v) is 18.7. The van der Waals surface area contributed by atoms with Crippen molar-refractivity contribution in [3.8, 4) is 11.1 Å². The van der Waals surface area contributed by atoms with Crippen LogP contribution in [0, 0.1) is 0 Å². The third kappa shape index (κ3) is 4.82. The van der Waals surface area contributed by atoms with Crippen LogP contribution in [-0.2, 0) is 6.54 Å². The molecular weight excluding hydrogens is 388 g/mol. The van der Waals surface area contributed by atoms with Crippen molar-refractivity contribution >= 4 is 28.7 Å². The van der Waals surface area contributed by atoms with Gasteiger partial charge in [-0.05, 0) is 68.2 Å². The van der Waals surface area contributed by atoms with Crippen LogP contribution in [0.5, 0.6) is 0 Å². The van der Waals surface area contributed by atoms with Gasteiger partial charge in [-0.25, -0.2) is 9.78 Å². The van der Waals surface area contributed by atoms with Gasteiger partial charge in [0.05, 0.1) is 11.0 Å². The molecule has 0 unspecified atom stereocenters. The fourth-order valence-corrected chi connectivity index (χ4v) is 4.20. The van der Waals surface area contributed by atoms with E-state index in [1.54, 1.807) is 0 Å². The highest BCUT2D eigenvalue weighted by atomic mass is 16.2. The number of nitrogens with zero attached hydrogens (tertiary/aromatic N) is 4. The fourth-order valence-electron chi connectivity index (χ4n) is 4.20. The van der Waals surface area contributed by atoms with Crippen molar-refractivity contribution in [1.29, 1.82) is 0 Å². The fraction of sp³-hybridized carbons (Fsp3) is 0.417. The lowest BCUT2D eigenvalue weighted by Gasteiger charge is -2.15. The van der Waals surface area contributed by atoms with Crippen LogP contribution < -0.4 is 15.5 Å². The standard InChI is InChI=1S/C24H32N6O/c1-4-30-22-12-9-19(17-21(22)27-24(30)28(2)3)18-7-10-20(11-8-18)26-23(31)25-13-16-29-14-5-6-15-29/h7-12,17H,4-6,13-16H2,1-3H3,(H2,25,26,31). The number of fused-ring (bicyclic) bond motifs is 1. The van der Waals surface area contributed by atoms with E-state index in [0.717, 1.165) is 60.0 Å². The van der Waals surface area contributed by atoms with Crippen molar-refractivity contribution in [2.75, 3.05) is 50.5 Å². The maximum Gasteiger partial charge on any atom is 0.319 e. The van der Waals surface area contributed by atoms with E-state index in [2.05, 4.69) is 45.2 Å². The average molecular weight is 421 g/mol. The van der Waals surface area contributed by atoms with Crippen molar-refractivity contribution in [1.82, 2.24) is 19.8 Å². The van der Waals surface area contributed by atoms with Gasteiger partial charge < -0.3 is 25.0 Å². The van der Waals surface area contributed by atoms with Crippen LogP contribution in [0.3, 0.4) is 0 Å². The second-order valence-corrected chi connectivity index (χ2v) is 8.26. The minimum atomic E-state index is -0.158. The molecule has 0 bridgehead atoms. The number of hydrogen-bond acceptors (Lipinski definition) is 4. The second-order valence-electron chi connectivity index (χ2n) is 8.26. The number of nitrogens with one attached hydrogen (secondary N) is 2. The van der Waals surface area contributed by atoms with Crippen LogP contribution >= 0.6 is 0 Å². The Hall–Kier alpha value is -3.06. The first-order valence-corrected chi connectivity index (χ1v) is 11.1.